The number of hydrogen-bond acceptors (Lipinski definition) is 5. The molecule has 0 amide bonds. The number of rotatable bonds is 5. The van der Waals surface area contributed by atoms with Crippen molar-refractivity contribution in [3.63, 3.8) is 0 Å². The Bertz CT molecular complexity index is 700. The molecule has 0 unspecified atom stereocenters. The second kappa shape index (κ2) is 5.86. The van der Waals surface area contributed by atoms with E-state index in [2.05, 4.69) is 9.71 Å². The lowest BCUT2D eigenvalue weighted by molar-refractivity contribution is 0.553. The van der Waals surface area contributed by atoms with Crippen molar-refractivity contribution in [2.45, 2.75) is 18.2 Å². The average Bonchev–Trinajstić information content (AvgIpc) is 2.86. The maximum Gasteiger partial charge on any atom is 0.243 e. The van der Waals surface area contributed by atoms with Crippen molar-refractivity contribution in [2.24, 2.45) is 0 Å². The van der Waals surface area contributed by atoms with Gasteiger partial charge in [-0.25, -0.2) is 22.5 Å². The number of thiazole rings is 1. The third-order valence-corrected chi connectivity index (χ3v) is 4.95. The molecule has 5 nitrogen and oxygen atoms in total. The topological polar surface area (TPSA) is 85.1 Å². The number of nitrogens with zero attached hydrogens (tertiary/aromatic N) is 1. The van der Waals surface area contributed by atoms with E-state index in [0.717, 1.165) is 11.1 Å². The largest absolute Gasteiger partial charge is 0.399 e. The molecule has 2 aromatic rings. The van der Waals surface area contributed by atoms with Gasteiger partial charge in [0.05, 0.1) is 5.01 Å². The highest BCUT2D eigenvalue weighted by atomic mass is 32.2. The van der Waals surface area contributed by atoms with E-state index in [-0.39, 0.29) is 17.8 Å². The molecule has 0 saturated carbocycles. The molecule has 1 aromatic heterocycles. The Morgan fingerprint density at radius 2 is 2.20 bits per heavy atom. The normalized spacial score (nSPS) is 11.7. The Kier molecular flexibility index (Phi) is 4.36. The number of aryl methyl sites for hydroxylation is 1. The minimum absolute atomic E-state index is 0.156. The van der Waals surface area contributed by atoms with Crippen LogP contribution in [0.2, 0.25) is 0 Å². The molecular weight excluding hydrogens is 301 g/mol. The average molecular weight is 315 g/mol. The van der Waals surface area contributed by atoms with E-state index in [1.165, 1.54) is 24.3 Å². The number of hydrogen-bond donors (Lipinski definition) is 2. The lowest BCUT2D eigenvalue weighted by Crippen LogP contribution is -2.27. The third kappa shape index (κ3) is 3.33. The number of aromatic nitrogens is 1. The molecule has 0 atom stereocenters. The van der Waals surface area contributed by atoms with Crippen LogP contribution in [-0.4, -0.2) is 19.9 Å². The standard InChI is InChI=1S/C12H14FN3O2S2/c1-8-6-9(14)7-10(12(8)13)20(17,18)16-3-2-11-15-4-5-19-11/h4-7,16H,2-3,14H2,1H3. The fourth-order valence-corrected chi connectivity index (χ4v) is 3.54. The third-order valence-electron chi connectivity index (χ3n) is 2.65. The fraction of sp³-hybridized carbons (Fsp3) is 0.250. The first-order valence-corrected chi connectivity index (χ1v) is 8.20. The van der Waals surface area contributed by atoms with E-state index in [0.29, 0.717) is 6.42 Å². The molecule has 0 aliphatic rings. The Hall–Kier alpha value is -1.51. The quantitative estimate of drug-likeness (QED) is 0.822. The number of anilines is 1. The van der Waals surface area contributed by atoms with Crippen molar-refractivity contribution in [3.8, 4) is 0 Å². The SMILES string of the molecule is Cc1cc(N)cc(S(=O)(=O)NCCc2nccs2)c1F. The summed E-state index contributed by atoms with van der Waals surface area (Å²) in [4.78, 5) is 3.62. The first kappa shape index (κ1) is 14.9. The first-order chi connectivity index (χ1) is 9.40. The second-order valence-electron chi connectivity index (χ2n) is 4.22. The van der Waals surface area contributed by atoms with Gasteiger partial charge in [-0.1, -0.05) is 0 Å². The molecular formula is C12H14FN3O2S2. The van der Waals surface area contributed by atoms with Crippen molar-refractivity contribution in [3.05, 3.63) is 40.1 Å². The second-order valence-corrected chi connectivity index (χ2v) is 6.94. The van der Waals surface area contributed by atoms with Crippen LogP contribution in [-0.2, 0) is 16.4 Å². The van der Waals surface area contributed by atoms with Gasteiger partial charge < -0.3 is 5.73 Å². The van der Waals surface area contributed by atoms with Crippen molar-refractivity contribution in [1.82, 2.24) is 9.71 Å². The Labute approximate surface area is 120 Å². The molecule has 0 bridgehead atoms. The van der Waals surface area contributed by atoms with Crippen LogP contribution in [0.4, 0.5) is 10.1 Å². The summed E-state index contributed by atoms with van der Waals surface area (Å²) in [6.45, 7) is 1.63. The molecule has 8 heteroatoms. The summed E-state index contributed by atoms with van der Waals surface area (Å²) in [5.41, 5.74) is 5.98. The van der Waals surface area contributed by atoms with Gasteiger partial charge in [-0.05, 0) is 24.6 Å². The van der Waals surface area contributed by atoms with Crippen molar-refractivity contribution in [2.75, 3.05) is 12.3 Å². The lowest BCUT2D eigenvalue weighted by atomic mass is 10.2. The van der Waals surface area contributed by atoms with E-state index < -0.39 is 20.7 Å². The van der Waals surface area contributed by atoms with Crippen molar-refractivity contribution < 1.29 is 12.8 Å². The maximum absolute atomic E-state index is 13.9. The van der Waals surface area contributed by atoms with Gasteiger partial charge in [0.1, 0.15) is 10.7 Å². The van der Waals surface area contributed by atoms with Gasteiger partial charge in [0, 0.05) is 30.2 Å². The fourth-order valence-electron chi connectivity index (χ4n) is 1.71. The van der Waals surface area contributed by atoms with Crippen LogP contribution in [0.15, 0.2) is 28.6 Å². The zero-order valence-electron chi connectivity index (χ0n) is 10.8. The van der Waals surface area contributed by atoms with Crippen LogP contribution in [0.3, 0.4) is 0 Å². The van der Waals surface area contributed by atoms with Crippen LogP contribution >= 0.6 is 11.3 Å². The number of halogens is 1. The van der Waals surface area contributed by atoms with Gasteiger partial charge >= 0.3 is 0 Å². The molecule has 0 spiro atoms. The number of sulfonamides is 1. The Morgan fingerprint density at radius 1 is 1.45 bits per heavy atom. The van der Waals surface area contributed by atoms with Gasteiger partial charge in [-0.2, -0.15) is 0 Å². The minimum atomic E-state index is -3.92. The van der Waals surface area contributed by atoms with Gasteiger partial charge in [0.25, 0.3) is 0 Å². The van der Waals surface area contributed by atoms with E-state index in [1.807, 2.05) is 5.38 Å². The van der Waals surface area contributed by atoms with Crippen LogP contribution in [0.1, 0.15) is 10.6 Å². The number of nitrogens with two attached hydrogens (primary N) is 1. The lowest BCUT2D eigenvalue weighted by Gasteiger charge is -2.09. The van der Waals surface area contributed by atoms with Crippen LogP contribution in [0, 0.1) is 12.7 Å². The Morgan fingerprint density at radius 3 is 2.85 bits per heavy atom. The predicted octanol–water partition coefficient (Wildman–Crippen LogP) is 1.69. The van der Waals surface area contributed by atoms with E-state index in [9.17, 15) is 12.8 Å². The molecule has 0 fully saturated rings. The summed E-state index contributed by atoms with van der Waals surface area (Å²) in [6, 6.07) is 2.51. The Balaban J connectivity index is 2.14. The minimum Gasteiger partial charge on any atom is -0.399 e. The van der Waals surface area contributed by atoms with Gasteiger partial charge in [-0.3, -0.25) is 0 Å². The number of benzene rings is 1. The summed E-state index contributed by atoms with van der Waals surface area (Å²) in [5.74, 6) is -0.777. The van der Waals surface area contributed by atoms with E-state index >= 15 is 0 Å². The molecule has 1 heterocycles. The highest BCUT2D eigenvalue weighted by Gasteiger charge is 2.20. The monoisotopic (exact) mass is 315 g/mol. The molecule has 0 radical (unpaired) electrons. The molecule has 108 valence electrons. The zero-order valence-corrected chi connectivity index (χ0v) is 12.4. The summed E-state index contributed by atoms with van der Waals surface area (Å²) in [5, 5.41) is 2.63. The molecule has 1 aromatic carbocycles. The van der Waals surface area contributed by atoms with Crippen LogP contribution < -0.4 is 10.5 Å². The molecule has 0 aliphatic carbocycles. The summed E-state index contributed by atoms with van der Waals surface area (Å²) in [7, 11) is -3.92. The molecule has 2 rings (SSSR count). The predicted molar refractivity (Wildman–Crippen MR) is 76.6 cm³/mol. The van der Waals surface area contributed by atoms with Crippen molar-refractivity contribution >= 4 is 27.0 Å². The highest BCUT2D eigenvalue weighted by molar-refractivity contribution is 7.89. The number of nitrogens with one attached hydrogen (secondary N) is 1. The van der Waals surface area contributed by atoms with Gasteiger partial charge in [-0.15, -0.1) is 11.3 Å². The van der Waals surface area contributed by atoms with Crippen LogP contribution in [0.25, 0.3) is 0 Å². The summed E-state index contributed by atoms with van der Waals surface area (Å²) >= 11 is 1.44. The highest BCUT2D eigenvalue weighted by Crippen LogP contribution is 2.21. The number of nitrogen functional groups attached to an aromatic ring is 1. The maximum atomic E-state index is 13.9. The summed E-state index contributed by atoms with van der Waals surface area (Å²) < 4.78 is 40.4. The van der Waals surface area contributed by atoms with E-state index in [4.69, 9.17) is 5.73 Å². The zero-order chi connectivity index (χ0) is 14.8. The molecule has 20 heavy (non-hydrogen) atoms. The van der Waals surface area contributed by atoms with Crippen LogP contribution in [0.5, 0.6) is 0 Å². The molecule has 0 aliphatic heterocycles. The smallest absolute Gasteiger partial charge is 0.243 e. The molecule has 0 saturated heterocycles. The van der Waals surface area contributed by atoms with E-state index in [1.54, 1.807) is 6.20 Å². The van der Waals surface area contributed by atoms with Crippen molar-refractivity contribution in [1.29, 1.82) is 0 Å². The first-order valence-electron chi connectivity index (χ1n) is 5.84. The van der Waals surface area contributed by atoms with Gasteiger partial charge in [0.2, 0.25) is 10.0 Å². The summed E-state index contributed by atoms with van der Waals surface area (Å²) in [6.07, 6.45) is 2.11. The molecule has 3 N–H and O–H groups in total. The van der Waals surface area contributed by atoms with Gasteiger partial charge in [0.15, 0.2) is 0 Å².